The SMILES string of the molecule is c1ccc(-c2cccc3sc4cccc(-c5nc(-c6ccccc6-c6cccc7c6Cc6ccccc6-7)nc(-c6cccc7ccccc67)n5)c4c23)cc1. The molecule has 1 aliphatic carbocycles. The molecule has 11 rings (SSSR count). The van der Waals surface area contributed by atoms with Crippen molar-refractivity contribution in [3.05, 3.63) is 187 Å². The molecule has 0 atom stereocenters. The molecule has 8 aromatic carbocycles. The molecule has 0 N–H and O–H groups in total. The third-order valence-corrected chi connectivity index (χ3v) is 11.9. The van der Waals surface area contributed by atoms with E-state index in [0.717, 1.165) is 39.4 Å². The van der Waals surface area contributed by atoms with Crippen LogP contribution in [0.5, 0.6) is 0 Å². The number of thiophene rings is 1. The topological polar surface area (TPSA) is 38.7 Å². The van der Waals surface area contributed by atoms with Gasteiger partial charge in [-0.1, -0.05) is 164 Å². The van der Waals surface area contributed by atoms with Crippen molar-refractivity contribution in [1.82, 2.24) is 15.0 Å². The second-order valence-corrected chi connectivity index (χ2v) is 15.0. The minimum Gasteiger partial charge on any atom is -0.208 e. The molecule has 4 heteroatoms. The van der Waals surface area contributed by atoms with Crippen LogP contribution in [0.3, 0.4) is 0 Å². The van der Waals surface area contributed by atoms with Crippen molar-refractivity contribution in [2.75, 3.05) is 0 Å². The number of hydrogen-bond donors (Lipinski definition) is 0. The summed E-state index contributed by atoms with van der Waals surface area (Å²) >= 11 is 1.82. The first kappa shape index (κ1) is 30.8. The van der Waals surface area contributed by atoms with Crippen molar-refractivity contribution in [3.63, 3.8) is 0 Å². The highest BCUT2D eigenvalue weighted by Gasteiger charge is 2.24. The molecule has 54 heavy (non-hydrogen) atoms. The fourth-order valence-corrected chi connectivity index (χ4v) is 9.55. The van der Waals surface area contributed by atoms with Gasteiger partial charge >= 0.3 is 0 Å². The molecule has 2 heterocycles. The standard InChI is InChI=1S/C50H31N3S/c1-2-14-32(15-3-1)36-23-12-28-44-46(36)47-42(27-13-29-45(47)54-44)50-52-48(40-26-10-18-31-16-4-6-19-34(31)40)51-49(53-50)41-22-9-8-21-38(41)39-25-11-24-37-35-20-7-5-17-33(35)30-43(37)39/h1-29H,30H2. The van der Waals surface area contributed by atoms with Crippen LogP contribution in [0.15, 0.2) is 176 Å². The number of rotatable bonds is 5. The number of fused-ring (bicyclic) bond motifs is 7. The summed E-state index contributed by atoms with van der Waals surface area (Å²) in [5.74, 6) is 1.98. The zero-order valence-corrected chi connectivity index (χ0v) is 30.0. The maximum atomic E-state index is 5.42. The van der Waals surface area contributed by atoms with E-state index in [-0.39, 0.29) is 0 Å². The number of aromatic nitrogens is 3. The lowest BCUT2D eigenvalue weighted by Gasteiger charge is -2.15. The van der Waals surface area contributed by atoms with Crippen LogP contribution >= 0.6 is 11.3 Å². The van der Waals surface area contributed by atoms with Crippen molar-refractivity contribution in [2.24, 2.45) is 0 Å². The highest BCUT2D eigenvalue weighted by molar-refractivity contribution is 7.26. The van der Waals surface area contributed by atoms with Gasteiger partial charge in [-0.15, -0.1) is 11.3 Å². The van der Waals surface area contributed by atoms with Crippen LogP contribution in [0.4, 0.5) is 0 Å². The van der Waals surface area contributed by atoms with Crippen LogP contribution in [-0.2, 0) is 6.42 Å². The molecule has 0 saturated carbocycles. The highest BCUT2D eigenvalue weighted by atomic mass is 32.1. The fourth-order valence-electron chi connectivity index (χ4n) is 8.39. The van der Waals surface area contributed by atoms with Gasteiger partial charge in [0.2, 0.25) is 0 Å². The minimum atomic E-state index is 0.659. The molecular weight excluding hydrogens is 675 g/mol. The van der Waals surface area contributed by atoms with Gasteiger partial charge < -0.3 is 0 Å². The summed E-state index contributed by atoms with van der Waals surface area (Å²) in [6.45, 7) is 0. The summed E-state index contributed by atoms with van der Waals surface area (Å²) in [6, 6.07) is 62.7. The van der Waals surface area contributed by atoms with Gasteiger partial charge in [0, 0.05) is 36.9 Å². The quantitative estimate of drug-likeness (QED) is 0.179. The predicted octanol–water partition coefficient (Wildman–Crippen LogP) is 13.3. The van der Waals surface area contributed by atoms with E-state index < -0.39 is 0 Å². The van der Waals surface area contributed by atoms with E-state index in [1.165, 1.54) is 59.1 Å². The summed E-state index contributed by atoms with van der Waals surface area (Å²) in [5.41, 5.74) is 13.0. The van der Waals surface area contributed by atoms with Gasteiger partial charge in [-0.05, 0) is 73.8 Å². The largest absolute Gasteiger partial charge is 0.208 e. The lowest BCUT2D eigenvalue weighted by molar-refractivity contribution is 1.08. The molecular formula is C50H31N3S. The average Bonchev–Trinajstić information content (AvgIpc) is 3.82. The van der Waals surface area contributed by atoms with E-state index in [1.54, 1.807) is 0 Å². The predicted molar refractivity (Wildman–Crippen MR) is 226 cm³/mol. The molecule has 0 aliphatic heterocycles. The first-order chi connectivity index (χ1) is 26.8. The normalized spacial score (nSPS) is 12.0. The molecule has 3 nitrogen and oxygen atoms in total. The zero-order valence-electron chi connectivity index (χ0n) is 29.2. The van der Waals surface area contributed by atoms with E-state index in [2.05, 4.69) is 176 Å². The third kappa shape index (κ3) is 4.92. The second-order valence-electron chi connectivity index (χ2n) is 13.9. The third-order valence-electron chi connectivity index (χ3n) is 10.8. The van der Waals surface area contributed by atoms with E-state index in [4.69, 9.17) is 15.0 Å². The summed E-state index contributed by atoms with van der Waals surface area (Å²) in [6.07, 6.45) is 0.900. The lowest BCUT2D eigenvalue weighted by Crippen LogP contribution is -2.02. The van der Waals surface area contributed by atoms with Crippen LogP contribution in [0, 0.1) is 0 Å². The van der Waals surface area contributed by atoms with Gasteiger partial charge in [0.05, 0.1) is 0 Å². The van der Waals surface area contributed by atoms with Crippen LogP contribution in [-0.4, -0.2) is 15.0 Å². The Kier molecular flexibility index (Phi) is 7.10. The van der Waals surface area contributed by atoms with E-state index in [9.17, 15) is 0 Å². The first-order valence-electron chi connectivity index (χ1n) is 18.3. The molecule has 0 fully saturated rings. The molecule has 252 valence electrons. The van der Waals surface area contributed by atoms with Crippen LogP contribution < -0.4 is 0 Å². The molecule has 0 amide bonds. The lowest BCUT2D eigenvalue weighted by atomic mass is 9.92. The van der Waals surface area contributed by atoms with Crippen molar-refractivity contribution in [1.29, 1.82) is 0 Å². The Morgan fingerprint density at radius 3 is 1.67 bits per heavy atom. The molecule has 1 aliphatic rings. The Hall–Kier alpha value is -6.75. The maximum Gasteiger partial charge on any atom is 0.164 e. The summed E-state index contributed by atoms with van der Waals surface area (Å²) in [7, 11) is 0. The first-order valence-corrected chi connectivity index (χ1v) is 19.1. The van der Waals surface area contributed by atoms with E-state index in [1.807, 2.05) is 11.3 Å². The smallest absolute Gasteiger partial charge is 0.164 e. The Morgan fingerprint density at radius 2 is 0.852 bits per heavy atom. The molecule has 0 radical (unpaired) electrons. The van der Waals surface area contributed by atoms with E-state index in [0.29, 0.717) is 17.5 Å². The van der Waals surface area contributed by atoms with Gasteiger partial charge in [0.15, 0.2) is 17.5 Å². The molecule has 0 unspecified atom stereocenters. The molecule has 0 spiro atoms. The Bertz CT molecular complexity index is 3080. The fraction of sp³-hybridized carbons (Fsp3) is 0.0200. The highest BCUT2D eigenvalue weighted by Crippen LogP contribution is 2.46. The zero-order chi connectivity index (χ0) is 35.6. The van der Waals surface area contributed by atoms with Crippen LogP contribution in [0.25, 0.3) is 98.5 Å². The van der Waals surface area contributed by atoms with Crippen molar-refractivity contribution < 1.29 is 0 Å². The van der Waals surface area contributed by atoms with Crippen LogP contribution in [0.1, 0.15) is 11.1 Å². The number of nitrogens with zero attached hydrogens (tertiary/aromatic N) is 3. The van der Waals surface area contributed by atoms with Gasteiger partial charge in [0.25, 0.3) is 0 Å². The minimum absolute atomic E-state index is 0.659. The monoisotopic (exact) mass is 705 g/mol. The van der Waals surface area contributed by atoms with Crippen molar-refractivity contribution in [3.8, 4) is 67.5 Å². The van der Waals surface area contributed by atoms with E-state index >= 15 is 0 Å². The average molecular weight is 706 g/mol. The summed E-state index contributed by atoms with van der Waals surface area (Å²) < 4.78 is 2.45. The molecule has 0 bridgehead atoms. The molecule has 10 aromatic rings. The van der Waals surface area contributed by atoms with Gasteiger partial charge in [-0.25, -0.2) is 15.0 Å². The van der Waals surface area contributed by atoms with Gasteiger partial charge in [-0.3, -0.25) is 0 Å². The second kappa shape index (κ2) is 12.4. The number of hydrogen-bond acceptors (Lipinski definition) is 4. The van der Waals surface area contributed by atoms with Crippen molar-refractivity contribution in [2.45, 2.75) is 6.42 Å². The Labute approximate surface area is 316 Å². The number of benzene rings is 8. The molecule has 2 aromatic heterocycles. The maximum absolute atomic E-state index is 5.42. The summed E-state index contributed by atoms with van der Waals surface area (Å²) in [5, 5.41) is 4.66. The Balaban J connectivity index is 1.18. The summed E-state index contributed by atoms with van der Waals surface area (Å²) in [4.78, 5) is 16.1. The van der Waals surface area contributed by atoms with Gasteiger partial charge in [-0.2, -0.15) is 0 Å². The Morgan fingerprint density at radius 1 is 0.352 bits per heavy atom. The van der Waals surface area contributed by atoms with Crippen molar-refractivity contribution >= 4 is 42.3 Å². The van der Waals surface area contributed by atoms with Crippen LogP contribution in [0.2, 0.25) is 0 Å². The molecule has 0 saturated heterocycles. The van der Waals surface area contributed by atoms with Gasteiger partial charge in [0.1, 0.15) is 0 Å².